The van der Waals surface area contributed by atoms with E-state index in [-0.39, 0.29) is 29.2 Å². The van der Waals surface area contributed by atoms with Crippen LogP contribution in [-0.4, -0.2) is 58.0 Å². The van der Waals surface area contributed by atoms with Crippen molar-refractivity contribution >= 4 is 18.0 Å². The third-order valence-corrected chi connectivity index (χ3v) is 4.67. The molecule has 30 heavy (non-hydrogen) atoms. The highest BCUT2D eigenvalue weighted by molar-refractivity contribution is 5.90. The van der Waals surface area contributed by atoms with E-state index in [4.69, 9.17) is 14.6 Å². The second kappa shape index (κ2) is 9.69. The zero-order valence-electron chi connectivity index (χ0n) is 17.8. The summed E-state index contributed by atoms with van der Waals surface area (Å²) in [5.41, 5.74) is -0.787. The number of aromatic carboxylic acids is 1. The molecule has 0 bridgehead atoms. The summed E-state index contributed by atoms with van der Waals surface area (Å²) in [5, 5.41) is 21.6. The number of amides is 2. The average Bonchev–Trinajstić information content (AvgIpc) is 2.66. The first-order valence-electron chi connectivity index (χ1n) is 10.0. The fourth-order valence-electron chi connectivity index (χ4n) is 3.07. The van der Waals surface area contributed by atoms with E-state index in [0.29, 0.717) is 32.4 Å². The molecule has 9 heteroatoms. The molecule has 1 aromatic carbocycles. The summed E-state index contributed by atoms with van der Waals surface area (Å²) >= 11 is 0. The molecule has 1 atom stereocenters. The van der Waals surface area contributed by atoms with Gasteiger partial charge in [0.1, 0.15) is 22.7 Å². The van der Waals surface area contributed by atoms with Crippen molar-refractivity contribution in [3.63, 3.8) is 0 Å². The molecule has 1 saturated heterocycles. The van der Waals surface area contributed by atoms with Gasteiger partial charge >= 0.3 is 12.1 Å². The summed E-state index contributed by atoms with van der Waals surface area (Å²) < 4.78 is 11.0. The van der Waals surface area contributed by atoms with Crippen molar-refractivity contribution in [1.82, 2.24) is 10.2 Å². The van der Waals surface area contributed by atoms with Crippen LogP contribution in [0, 0.1) is 5.92 Å². The highest BCUT2D eigenvalue weighted by atomic mass is 16.6. The Hall–Kier alpha value is -2.97. The van der Waals surface area contributed by atoms with Crippen LogP contribution in [0.4, 0.5) is 4.79 Å². The van der Waals surface area contributed by atoms with Gasteiger partial charge in [0.05, 0.1) is 0 Å². The lowest BCUT2D eigenvalue weighted by molar-refractivity contribution is -0.129. The van der Waals surface area contributed by atoms with Crippen molar-refractivity contribution in [2.24, 2.45) is 5.92 Å². The third-order valence-electron chi connectivity index (χ3n) is 4.67. The number of nitrogens with zero attached hydrogens (tertiary/aromatic N) is 1. The van der Waals surface area contributed by atoms with E-state index < -0.39 is 23.5 Å². The molecular formula is C21H30N2O7. The molecule has 1 aliphatic heterocycles. The summed E-state index contributed by atoms with van der Waals surface area (Å²) in [6, 6.07) is 3.88. The second-order valence-corrected chi connectivity index (χ2v) is 8.25. The van der Waals surface area contributed by atoms with Gasteiger partial charge in [0.25, 0.3) is 0 Å². The summed E-state index contributed by atoms with van der Waals surface area (Å²) in [5.74, 6) is -1.81. The Morgan fingerprint density at radius 3 is 2.37 bits per heavy atom. The molecule has 1 aromatic rings. The molecular weight excluding hydrogens is 392 g/mol. The Bertz CT molecular complexity index is 780. The zero-order valence-corrected chi connectivity index (χ0v) is 17.8. The third kappa shape index (κ3) is 6.53. The van der Waals surface area contributed by atoms with Gasteiger partial charge in [0.15, 0.2) is 6.23 Å². The van der Waals surface area contributed by atoms with E-state index in [2.05, 4.69) is 5.32 Å². The Morgan fingerprint density at radius 1 is 1.23 bits per heavy atom. The molecule has 2 amide bonds. The highest BCUT2D eigenvalue weighted by Gasteiger charge is 2.30. The largest absolute Gasteiger partial charge is 0.507 e. The number of hydrogen-bond acceptors (Lipinski definition) is 6. The monoisotopic (exact) mass is 422 g/mol. The normalized spacial score (nSPS) is 15.9. The molecule has 0 aliphatic carbocycles. The second-order valence-electron chi connectivity index (χ2n) is 8.25. The van der Waals surface area contributed by atoms with Crippen molar-refractivity contribution in [1.29, 1.82) is 0 Å². The first-order chi connectivity index (χ1) is 14.0. The predicted octanol–water partition coefficient (Wildman–Crippen LogP) is 2.97. The number of benzene rings is 1. The first-order valence-corrected chi connectivity index (χ1v) is 10.0. The summed E-state index contributed by atoms with van der Waals surface area (Å²) in [6.07, 6.45) is 0.520. The molecule has 9 nitrogen and oxygen atoms in total. The van der Waals surface area contributed by atoms with Gasteiger partial charge in [-0.25, -0.2) is 9.59 Å². The number of likely N-dealkylation sites (tertiary alicyclic amines) is 1. The van der Waals surface area contributed by atoms with Gasteiger partial charge in [0, 0.05) is 31.5 Å². The van der Waals surface area contributed by atoms with Crippen LogP contribution in [0.1, 0.15) is 57.3 Å². The number of carbonyl (C=O) groups is 3. The van der Waals surface area contributed by atoms with Gasteiger partial charge in [0.2, 0.25) is 5.91 Å². The average molecular weight is 422 g/mol. The SMILES string of the molecule is CCC(NC(=O)C1CCN(C(=O)OC(C)(C)C)CC1)Oc1ccc(C(=O)O)c(O)c1. The van der Waals surface area contributed by atoms with Crippen molar-refractivity contribution in [2.45, 2.75) is 58.8 Å². The van der Waals surface area contributed by atoms with Crippen LogP contribution in [0.3, 0.4) is 0 Å². The number of ether oxygens (including phenoxy) is 2. The van der Waals surface area contributed by atoms with Crippen LogP contribution in [-0.2, 0) is 9.53 Å². The molecule has 1 heterocycles. The fourth-order valence-corrected chi connectivity index (χ4v) is 3.07. The quantitative estimate of drug-likeness (QED) is 0.602. The van der Waals surface area contributed by atoms with E-state index in [1.807, 2.05) is 27.7 Å². The minimum atomic E-state index is -1.24. The van der Waals surface area contributed by atoms with E-state index in [0.717, 1.165) is 0 Å². The van der Waals surface area contributed by atoms with Crippen LogP contribution in [0.25, 0.3) is 0 Å². The highest BCUT2D eigenvalue weighted by Crippen LogP contribution is 2.25. The number of carboxylic acids is 1. The fraction of sp³-hybridized carbons (Fsp3) is 0.571. The Kier molecular flexibility index (Phi) is 7.53. The standard InChI is InChI=1S/C21H30N2O7/c1-5-17(29-14-6-7-15(19(26)27)16(24)12-14)22-18(25)13-8-10-23(11-9-13)20(28)30-21(2,3)4/h6-7,12-13,17,24H,5,8-11H2,1-4H3,(H,22,25)(H,26,27). The van der Waals surface area contributed by atoms with Gasteiger partial charge in [-0.3, -0.25) is 4.79 Å². The van der Waals surface area contributed by atoms with Crippen LogP contribution in [0.5, 0.6) is 11.5 Å². The van der Waals surface area contributed by atoms with Crippen molar-refractivity contribution in [2.75, 3.05) is 13.1 Å². The molecule has 0 saturated carbocycles. The number of carboxylic acid groups (broad SMARTS) is 1. The predicted molar refractivity (Wildman–Crippen MR) is 108 cm³/mol. The topological polar surface area (TPSA) is 125 Å². The minimum Gasteiger partial charge on any atom is -0.507 e. The summed E-state index contributed by atoms with van der Waals surface area (Å²) in [6.45, 7) is 8.15. The van der Waals surface area contributed by atoms with Crippen molar-refractivity contribution in [3.8, 4) is 11.5 Å². The molecule has 1 aliphatic rings. The van der Waals surface area contributed by atoms with Gasteiger partial charge in [-0.1, -0.05) is 6.92 Å². The molecule has 2 rings (SSSR count). The smallest absolute Gasteiger partial charge is 0.410 e. The summed E-state index contributed by atoms with van der Waals surface area (Å²) in [4.78, 5) is 37.3. The number of piperidine rings is 1. The zero-order chi connectivity index (χ0) is 22.5. The van der Waals surface area contributed by atoms with Crippen LogP contribution >= 0.6 is 0 Å². The number of nitrogens with one attached hydrogen (secondary N) is 1. The van der Waals surface area contributed by atoms with Crippen LogP contribution in [0.2, 0.25) is 0 Å². The van der Waals surface area contributed by atoms with Gasteiger partial charge in [-0.05, 0) is 45.7 Å². The maximum atomic E-state index is 12.6. The maximum absolute atomic E-state index is 12.6. The van der Waals surface area contributed by atoms with Crippen molar-refractivity contribution < 1.29 is 34.1 Å². The van der Waals surface area contributed by atoms with E-state index in [9.17, 15) is 19.5 Å². The molecule has 3 N–H and O–H groups in total. The number of aromatic hydroxyl groups is 1. The van der Waals surface area contributed by atoms with Gasteiger partial charge < -0.3 is 29.9 Å². The first kappa shape index (κ1) is 23.3. The number of hydrogen-bond donors (Lipinski definition) is 3. The molecule has 0 aromatic heterocycles. The van der Waals surface area contributed by atoms with E-state index in [1.54, 1.807) is 4.90 Å². The molecule has 166 valence electrons. The lowest BCUT2D eigenvalue weighted by Gasteiger charge is -2.33. The molecule has 1 fully saturated rings. The minimum absolute atomic E-state index is 0.169. The number of carbonyl (C=O) groups excluding carboxylic acids is 2. The van der Waals surface area contributed by atoms with E-state index >= 15 is 0 Å². The molecule has 0 spiro atoms. The van der Waals surface area contributed by atoms with Crippen LogP contribution < -0.4 is 10.1 Å². The lowest BCUT2D eigenvalue weighted by atomic mass is 9.96. The Balaban J connectivity index is 1.88. The number of phenols is 1. The van der Waals surface area contributed by atoms with Crippen molar-refractivity contribution in [3.05, 3.63) is 23.8 Å². The Morgan fingerprint density at radius 2 is 1.87 bits per heavy atom. The van der Waals surface area contributed by atoms with Gasteiger partial charge in [-0.15, -0.1) is 0 Å². The van der Waals surface area contributed by atoms with Gasteiger partial charge in [-0.2, -0.15) is 0 Å². The summed E-state index contributed by atoms with van der Waals surface area (Å²) in [7, 11) is 0. The number of rotatable bonds is 6. The van der Waals surface area contributed by atoms with Crippen LogP contribution in [0.15, 0.2) is 18.2 Å². The maximum Gasteiger partial charge on any atom is 0.410 e. The molecule has 0 radical (unpaired) electrons. The van der Waals surface area contributed by atoms with E-state index in [1.165, 1.54) is 18.2 Å². The lowest BCUT2D eigenvalue weighted by Crippen LogP contribution is -2.47. The Labute approximate surface area is 176 Å². The molecule has 1 unspecified atom stereocenters.